The second-order valence-corrected chi connectivity index (χ2v) is 5.41. The molecule has 0 saturated heterocycles. The zero-order valence-corrected chi connectivity index (χ0v) is 11.6. The molecule has 1 aromatic heterocycles. The molecule has 0 aliphatic heterocycles. The predicted octanol–water partition coefficient (Wildman–Crippen LogP) is 3.68. The minimum atomic E-state index is -0.361. The molecule has 2 rings (SSSR count). The van der Waals surface area contributed by atoms with Crippen molar-refractivity contribution in [1.29, 1.82) is 0 Å². The molecule has 1 heterocycles. The highest BCUT2D eigenvalue weighted by Crippen LogP contribution is 2.30. The van der Waals surface area contributed by atoms with Crippen LogP contribution in [0.5, 0.6) is 0 Å². The van der Waals surface area contributed by atoms with E-state index in [0.29, 0.717) is 11.9 Å². The van der Waals surface area contributed by atoms with Crippen molar-refractivity contribution in [2.24, 2.45) is 5.92 Å². The van der Waals surface area contributed by atoms with Crippen molar-refractivity contribution in [2.75, 3.05) is 5.32 Å². The number of aromatic nitrogens is 1. The first-order chi connectivity index (χ1) is 9.10. The number of pyridine rings is 1. The molecule has 0 spiro atoms. The molecule has 1 fully saturated rings. The van der Waals surface area contributed by atoms with E-state index in [4.69, 9.17) is 0 Å². The van der Waals surface area contributed by atoms with E-state index in [1.165, 1.54) is 19.3 Å². The standard InChI is InChI=1S/C14H21N3O2/c1-3-11-4-6-12(7-5-11)16-14-13(17(18)19)8-10(2)9-15-14/h8-9,11-12H,3-7H2,1-2H3,(H,15,16). The van der Waals surface area contributed by atoms with Crippen LogP contribution in [0.2, 0.25) is 0 Å². The fraction of sp³-hybridized carbons (Fsp3) is 0.643. The number of nitrogens with zero attached hydrogens (tertiary/aromatic N) is 2. The number of anilines is 1. The predicted molar refractivity (Wildman–Crippen MR) is 75.3 cm³/mol. The Balaban J connectivity index is 2.05. The van der Waals surface area contributed by atoms with Gasteiger partial charge in [-0.1, -0.05) is 13.3 Å². The van der Waals surface area contributed by atoms with Crippen LogP contribution in [0.1, 0.15) is 44.6 Å². The number of hydrogen-bond acceptors (Lipinski definition) is 4. The van der Waals surface area contributed by atoms with Gasteiger partial charge in [0, 0.05) is 18.3 Å². The highest BCUT2D eigenvalue weighted by atomic mass is 16.6. The fourth-order valence-corrected chi connectivity index (χ4v) is 2.71. The van der Waals surface area contributed by atoms with Gasteiger partial charge in [-0.05, 0) is 44.1 Å². The molecule has 0 aromatic carbocycles. The monoisotopic (exact) mass is 263 g/mol. The van der Waals surface area contributed by atoms with Crippen molar-refractivity contribution in [3.8, 4) is 0 Å². The van der Waals surface area contributed by atoms with Crippen LogP contribution >= 0.6 is 0 Å². The Morgan fingerprint density at radius 2 is 2.11 bits per heavy atom. The molecule has 1 N–H and O–H groups in total. The quantitative estimate of drug-likeness (QED) is 0.664. The molecule has 5 heteroatoms. The number of nitrogens with one attached hydrogen (secondary N) is 1. The SMILES string of the molecule is CCC1CCC(Nc2ncc(C)cc2[N+](=O)[O-])CC1. The van der Waals surface area contributed by atoms with Crippen molar-refractivity contribution in [3.63, 3.8) is 0 Å². The van der Waals surface area contributed by atoms with Gasteiger partial charge in [-0.2, -0.15) is 0 Å². The molecule has 104 valence electrons. The summed E-state index contributed by atoms with van der Waals surface area (Å²) in [5.41, 5.74) is 0.893. The summed E-state index contributed by atoms with van der Waals surface area (Å²) in [6.45, 7) is 4.04. The van der Waals surface area contributed by atoms with Crippen LogP contribution in [0.4, 0.5) is 11.5 Å². The van der Waals surface area contributed by atoms with Crippen LogP contribution in [0.15, 0.2) is 12.3 Å². The average molecular weight is 263 g/mol. The second kappa shape index (κ2) is 5.99. The van der Waals surface area contributed by atoms with Gasteiger partial charge in [-0.15, -0.1) is 0 Å². The van der Waals surface area contributed by atoms with Crippen LogP contribution in [0.25, 0.3) is 0 Å². The van der Waals surface area contributed by atoms with Gasteiger partial charge in [0.25, 0.3) is 0 Å². The lowest BCUT2D eigenvalue weighted by Crippen LogP contribution is -2.26. The van der Waals surface area contributed by atoms with Gasteiger partial charge in [-0.25, -0.2) is 4.98 Å². The first-order valence-corrected chi connectivity index (χ1v) is 6.97. The van der Waals surface area contributed by atoms with Crippen LogP contribution < -0.4 is 5.32 Å². The Morgan fingerprint density at radius 1 is 1.42 bits per heavy atom. The lowest BCUT2D eigenvalue weighted by atomic mass is 9.84. The van der Waals surface area contributed by atoms with Crippen molar-refractivity contribution in [1.82, 2.24) is 4.98 Å². The summed E-state index contributed by atoms with van der Waals surface area (Å²) in [6, 6.07) is 1.89. The van der Waals surface area contributed by atoms with Crippen LogP contribution in [-0.4, -0.2) is 15.9 Å². The summed E-state index contributed by atoms with van der Waals surface area (Å²) in [7, 11) is 0. The van der Waals surface area contributed by atoms with Crippen LogP contribution in [0.3, 0.4) is 0 Å². The van der Waals surface area contributed by atoms with Gasteiger partial charge >= 0.3 is 5.69 Å². The maximum absolute atomic E-state index is 11.0. The maximum atomic E-state index is 11.0. The first-order valence-electron chi connectivity index (χ1n) is 6.97. The van der Waals surface area contributed by atoms with Crippen molar-refractivity contribution >= 4 is 11.5 Å². The molecule has 0 bridgehead atoms. The van der Waals surface area contributed by atoms with E-state index in [1.807, 2.05) is 6.92 Å². The molecular weight excluding hydrogens is 242 g/mol. The Hall–Kier alpha value is -1.65. The van der Waals surface area contributed by atoms with Gasteiger partial charge in [0.05, 0.1) is 4.92 Å². The minimum Gasteiger partial charge on any atom is -0.362 e. The van der Waals surface area contributed by atoms with E-state index >= 15 is 0 Å². The molecule has 1 aliphatic carbocycles. The molecule has 0 unspecified atom stereocenters. The van der Waals surface area contributed by atoms with E-state index in [9.17, 15) is 10.1 Å². The van der Waals surface area contributed by atoms with Crippen LogP contribution in [0, 0.1) is 23.0 Å². The zero-order chi connectivity index (χ0) is 13.8. The minimum absolute atomic E-state index is 0.0811. The molecule has 0 radical (unpaired) electrons. The summed E-state index contributed by atoms with van der Waals surface area (Å²) >= 11 is 0. The summed E-state index contributed by atoms with van der Waals surface area (Å²) in [4.78, 5) is 14.9. The van der Waals surface area contributed by atoms with Gasteiger partial charge in [0.2, 0.25) is 5.82 Å². The largest absolute Gasteiger partial charge is 0.362 e. The molecule has 1 aliphatic rings. The van der Waals surface area contributed by atoms with Crippen LogP contribution in [-0.2, 0) is 0 Å². The smallest absolute Gasteiger partial charge is 0.311 e. The molecule has 0 amide bonds. The first kappa shape index (κ1) is 13.8. The van der Waals surface area contributed by atoms with E-state index in [0.717, 1.165) is 24.3 Å². The number of nitro groups is 1. The van der Waals surface area contributed by atoms with Gasteiger partial charge < -0.3 is 5.32 Å². The third kappa shape index (κ3) is 3.43. The third-order valence-electron chi connectivity index (χ3n) is 3.97. The molecule has 1 aromatic rings. The molecule has 0 atom stereocenters. The number of aryl methyl sites for hydroxylation is 1. The fourth-order valence-electron chi connectivity index (χ4n) is 2.71. The van der Waals surface area contributed by atoms with Gasteiger partial charge in [-0.3, -0.25) is 10.1 Å². The summed E-state index contributed by atoms with van der Waals surface area (Å²) in [5.74, 6) is 1.23. The van der Waals surface area contributed by atoms with Gasteiger partial charge in [0.1, 0.15) is 0 Å². The number of rotatable bonds is 4. The van der Waals surface area contributed by atoms with E-state index in [2.05, 4.69) is 17.2 Å². The average Bonchev–Trinajstić information content (AvgIpc) is 2.41. The molecule has 5 nitrogen and oxygen atoms in total. The maximum Gasteiger partial charge on any atom is 0.311 e. The zero-order valence-electron chi connectivity index (χ0n) is 11.6. The van der Waals surface area contributed by atoms with Crippen molar-refractivity contribution < 1.29 is 4.92 Å². The summed E-state index contributed by atoms with van der Waals surface area (Å²) < 4.78 is 0. The Bertz CT molecular complexity index is 454. The second-order valence-electron chi connectivity index (χ2n) is 5.41. The highest BCUT2D eigenvalue weighted by molar-refractivity contribution is 5.57. The summed E-state index contributed by atoms with van der Waals surface area (Å²) in [5, 5.41) is 14.3. The molecule has 19 heavy (non-hydrogen) atoms. The van der Waals surface area contributed by atoms with Crippen molar-refractivity contribution in [2.45, 2.75) is 52.0 Å². The van der Waals surface area contributed by atoms with E-state index in [1.54, 1.807) is 12.3 Å². The Labute approximate surface area is 113 Å². The lowest BCUT2D eigenvalue weighted by Gasteiger charge is -2.28. The molecule has 1 saturated carbocycles. The Kier molecular flexibility index (Phi) is 4.35. The van der Waals surface area contributed by atoms with Gasteiger partial charge in [0.15, 0.2) is 0 Å². The van der Waals surface area contributed by atoms with E-state index < -0.39 is 0 Å². The topological polar surface area (TPSA) is 68.1 Å². The summed E-state index contributed by atoms with van der Waals surface area (Å²) in [6.07, 6.45) is 7.46. The third-order valence-corrected chi connectivity index (χ3v) is 3.97. The molecular formula is C14H21N3O2. The lowest BCUT2D eigenvalue weighted by molar-refractivity contribution is -0.384. The van der Waals surface area contributed by atoms with Crippen molar-refractivity contribution in [3.05, 3.63) is 27.9 Å². The normalized spacial score (nSPS) is 23.1. The highest BCUT2D eigenvalue weighted by Gasteiger charge is 2.23. The van der Waals surface area contributed by atoms with E-state index in [-0.39, 0.29) is 10.6 Å². The number of hydrogen-bond donors (Lipinski definition) is 1. The Morgan fingerprint density at radius 3 is 2.68 bits per heavy atom.